The first-order valence-corrected chi connectivity index (χ1v) is 6.77. The Labute approximate surface area is 118 Å². The minimum absolute atomic E-state index is 0.217. The van der Waals surface area contributed by atoms with Gasteiger partial charge in [-0.1, -0.05) is 12.8 Å². The molecule has 0 atom stereocenters. The molecule has 0 aliphatic carbocycles. The molecule has 0 aromatic carbocycles. The van der Waals surface area contributed by atoms with E-state index in [0.717, 1.165) is 25.0 Å². The van der Waals surface area contributed by atoms with Gasteiger partial charge in [0.15, 0.2) is 0 Å². The number of aliphatic carboxylic acids is 1. The molecule has 1 heterocycles. The third-order valence-electron chi connectivity index (χ3n) is 2.77. The first kappa shape index (κ1) is 15.9. The molecule has 6 nitrogen and oxygen atoms in total. The Morgan fingerprint density at radius 2 is 1.95 bits per heavy atom. The average Bonchev–Trinajstić information content (AvgIpc) is 2.40. The lowest BCUT2D eigenvalue weighted by Crippen LogP contribution is -2.29. The number of pyridine rings is 1. The topological polar surface area (TPSA) is 91.3 Å². The van der Waals surface area contributed by atoms with Crippen molar-refractivity contribution >= 4 is 17.7 Å². The molecule has 0 spiro atoms. The van der Waals surface area contributed by atoms with Crippen molar-refractivity contribution in [2.24, 2.45) is 0 Å². The zero-order chi connectivity index (χ0) is 14.8. The molecular formula is C14H21N3O3. The molecule has 0 bridgehead atoms. The average molecular weight is 279 g/mol. The maximum absolute atomic E-state index is 11.5. The van der Waals surface area contributed by atoms with Gasteiger partial charge in [0.2, 0.25) is 0 Å². The van der Waals surface area contributed by atoms with Crippen molar-refractivity contribution in [3.8, 4) is 0 Å². The molecule has 2 amide bonds. The number of aromatic nitrogens is 1. The number of carboxylic acid groups (broad SMARTS) is 1. The summed E-state index contributed by atoms with van der Waals surface area (Å²) in [4.78, 5) is 25.9. The van der Waals surface area contributed by atoms with Crippen molar-refractivity contribution in [2.75, 3.05) is 11.9 Å². The lowest BCUT2D eigenvalue weighted by molar-refractivity contribution is -0.137. The lowest BCUT2D eigenvalue weighted by atomic mass is 10.1. The highest BCUT2D eigenvalue weighted by atomic mass is 16.4. The van der Waals surface area contributed by atoms with Gasteiger partial charge in [-0.05, 0) is 31.9 Å². The van der Waals surface area contributed by atoms with E-state index in [0.29, 0.717) is 18.7 Å². The number of aryl methyl sites for hydroxylation is 1. The number of nitrogens with zero attached hydrogens (tertiary/aromatic N) is 1. The minimum Gasteiger partial charge on any atom is -0.481 e. The summed E-state index contributed by atoms with van der Waals surface area (Å²) in [5.41, 5.74) is 1.56. The summed E-state index contributed by atoms with van der Waals surface area (Å²) in [6.45, 7) is 2.46. The van der Waals surface area contributed by atoms with E-state index in [2.05, 4.69) is 15.6 Å². The zero-order valence-corrected chi connectivity index (χ0v) is 11.7. The molecule has 1 aromatic rings. The molecular weight excluding hydrogens is 258 g/mol. The fraction of sp³-hybridized carbons (Fsp3) is 0.500. The number of carbonyl (C=O) groups is 2. The molecule has 6 heteroatoms. The van der Waals surface area contributed by atoms with Crippen molar-refractivity contribution in [1.82, 2.24) is 10.3 Å². The summed E-state index contributed by atoms with van der Waals surface area (Å²) in [6, 6.07) is 3.38. The summed E-state index contributed by atoms with van der Waals surface area (Å²) in [5.74, 6) is -0.755. The molecule has 20 heavy (non-hydrogen) atoms. The van der Waals surface area contributed by atoms with E-state index in [9.17, 15) is 9.59 Å². The number of urea groups is 1. The number of carboxylic acids is 1. The number of amides is 2. The second-order valence-corrected chi connectivity index (χ2v) is 4.63. The highest BCUT2D eigenvalue weighted by Crippen LogP contribution is 2.05. The Morgan fingerprint density at radius 3 is 2.60 bits per heavy atom. The van der Waals surface area contributed by atoms with E-state index in [4.69, 9.17) is 5.11 Å². The summed E-state index contributed by atoms with van der Waals surface area (Å²) < 4.78 is 0. The highest BCUT2D eigenvalue weighted by molar-refractivity contribution is 5.88. The van der Waals surface area contributed by atoms with Crippen molar-refractivity contribution in [1.29, 1.82) is 0 Å². The van der Waals surface area contributed by atoms with Gasteiger partial charge < -0.3 is 15.7 Å². The second-order valence-electron chi connectivity index (χ2n) is 4.63. The summed E-state index contributed by atoms with van der Waals surface area (Å²) in [5, 5.41) is 13.9. The normalized spacial score (nSPS) is 10.1. The number of nitrogens with one attached hydrogen (secondary N) is 2. The van der Waals surface area contributed by atoms with Crippen LogP contribution in [0.1, 0.15) is 37.8 Å². The third-order valence-corrected chi connectivity index (χ3v) is 2.77. The maximum Gasteiger partial charge on any atom is 0.319 e. The molecule has 0 aliphatic rings. The quantitative estimate of drug-likeness (QED) is 0.638. The van der Waals surface area contributed by atoms with E-state index < -0.39 is 5.97 Å². The molecule has 0 unspecified atom stereocenters. The van der Waals surface area contributed by atoms with Gasteiger partial charge in [-0.25, -0.2) is 4.79 Å². The standard InChI is InChI=1S/C14H21N3O3/c1-11-7-8-12(10-16-11)17-14(20)15-9-5-3-2-4-6-13(18)19/h7-8,10H,2-6,9H2,1H3,(H,18,19)(H2,15,17,20). The van der Waals surface area contributed by atoms with Crippen molar-refractivity contribution < 1.29 is 14.7 Å². The predicted molar refractivity (Wildman–Crippen MR) is 76.7 cm³/mol. The Kier molecular flexibility index (Phi) is 7.10. The van der Waals surface area contributed by atoms with Crippen LogP contribution in [-0.4, -0.2) is 28.6 Å². The fourth-order valence-corrected chi connectivity index (χ4v) is 1.67. The minimum atomic E-state index is -0.755. The highest BCUT2D eigenvalue weighted by Gasteiger charge is 2.01. The first-order chi connectivity index (χ1) is 9.58. The van der Waals surface area contributed by atoms with Crippen LogP contribution in [0.4, 0.5) is 10.5 Å². The van der Waals surface area contributed by atoms with Crippen LogP contribution in [0.5, 0.6) is 0 Å². The van der Waals surface area contributed by atoms with E-state index in [-0.39, 0.29) is 12.5 Å². The zero-order valence-electron chi connectivity index (χ0n) is 11.7. The predicted octanol–water partition coefficient (Wildman–Crippen LogP) is 2.55. The van der Waals surface area contributed by atoms with Gasteiger partial charge in [0.25, 0.3) is 0 Å². The smallest absolute Gasteiger partial charge is 0.319 e. The molecule has 3 N–H and O–H groups in total. The summed E-state index contributed by atoms with van der Waals surface area (Å²) in [7, 11) is 0. The molecule has 0 saturated heterocycles. The number of anilines is 1. The third kappa shape index (κ3) is 7.35. The van der Waals surface area contributed by atoms with Crippen LogP contribution < -0.4 is 10.6 Å². The van der Waals surface area contributed by atoms with Crippen LogP contribution in [0.2, 0.25) is 0 Å². The molecule has 1 rings (SSSR count). The molecule has 110 valence electrons. The molecule has 0 aliphatic heterocycles. The first-order valence-electron chi connectivity index (χ1n) is 6.77. The van der Waals surface area contributed by atoms with E-state index >= 15 is 0 Å². The Morgan fingerprint density at radius 1 is 1.20 bits per heavy atom. The maximum atomic E-state index is 11.5. The number of hydrogen-bond donors (Lipinski definition) is 3. The SMILES string of the molecule is Cc1ccc(NC(=O)NCCCCCCC(=O)O)cn1. The van der Waals surface area contributed by atoms with E-state index in [1.807, 2.05) is 13.0 Å². The fourth-order valence-electron chi connectivity index (χ4n) is 1.67. The molecule has 0 saturated carbocycles. The number of hydrogen-bond acceptors (Lipinski definition) is 3. The Bertz CT molecular complexity index is 432. The summed E-state index contributed by atoms with van der Waals surface area (Å²) in [6.07, 6.45) is 5.15. The van der Waals surface area contributed by atoms with Crippen molar-refractivity contribution in [3.63, 3.8) is 0 Å². The van der Waals surface area contributed by atoms with Gasteiger partial charge in [-0.3, -0.25) is 9.78 Å². The van der Waals surface area contributed by atoms with Gasteiger partial charge in [0, 0.05) is 18.7 Å². The number of carbonyl (C=O) groups excluding carboxylic acids is 1. The van der Waals surface area contributed by atoms with Crippen molar-refractivity contribution in [2.45, 2.75) is 39.0 Å². The van der Waals surface area contributed by atoms with Crippen LogP contribution in [0.25, 0.3) is 0 Å². The van der Waals surface area contributed by atoms with Crippen LogP contribution in [0.15, 0.2) is 18.3 Å². The molecule has 1 aromatic heterocycles. The van der Waals surface area contributed by atoms with Crippen LogP contribution in [-0.2, 0) is 4.79 Å². The van der Waals surface area contributed by atoms with Crippen LogP contribution in [0.3, 0.4) is 0 Å². The number of unbranched alkanes of at least 4 members (excludes halogenated alkanes) is 3. The molecule has 0 radical (unpaired) electrons. The van der Waals surface area contributed by atoms with Gasteiger partial charge >= 0.3 is 12.0 Å². The monoisotopic (exact) mass is 279 g/mol. The van der Waals surface area contributed by atoms with E-state index in [1.165, 1.54) is 0 Å². The second kappa shape index (κ2) is 8.90. The van der Waals surface area contributed by atoms with Crippen LogP contribution >= 0.6 is 0 Å². The van der Waals surface area contributed by atoms with Gasteiger partial charge in [0.1, 0.15) is 0 Å². The van der Waals surface area contributed by atoms with Crippen LogP contribution in [0, 0.1) is 6.92 Å². The van der Waals surface area contributed by atoms with Gasteiger partial charge in [-0.15, -0.1) is 0 Å². The molecule has 0 fully saturated rings. The van der Waals surface area contributed by atoms with Crippen molar-refractivity contribution in [3.05, 3.63) is 24.0 Å². The van der Waals surface area contributed by atoms with E-state index in [1.54, 1.807) is 12.3 Å². The summed E-state index contributed by atoms with van der Waals surface area (Å²) >= 11 is 0. The van der Waals surface area contributed by atoms with Gasteiger partial charge in [0.05, 0.1) is 11.9 Å². The number of rotatable bonds is 8. The Balaban J connectivity index is 2.05. The Hall–Kier alpha value is -2.11. The lowest BCUT2D eigenvalue weighted by Gasteiger charge is -2.07. The van der Waals surface area contributed by atoms with Gasteiger partial charge in [-0.2, -0.15) is 0 Å². The largest absolute Gasteiger partial charge is 0.481 e.